The molecule has 0 amide bonds. The molecule has 0 fully saturated rings. The summed E-state index contributed by atoms with van der Waals surface area (Å²) in [5.41, 5.74) is 0.914. The lowest BCUT2D eigenvalue weighted by Crippen LogP contribution is -2.35. The molecule has 21 heavy (non-hydrogen) atoms. The van der Waals surface area contributed by atoms with Crippen LogP contribution in [0.5, 0.6) is 0 Å². The largest absolute Gasteiger partial charge is 0.358 e. The fourth-order valence-corrected chi connectivity index (χ4v) is 3.55. The number of alkyl halides is 2. The van der Waals surface area contributed by atoms with Crippen molar-refractivity contribution in [2.75, 3.05) is 0 Å². The Balaban J connectivity index is 2.29. The fourth-order valence-electron chi connectivity index (χ4n) is 1.71. The molecule has 1 aromatic carbocycles. The van der Waals surface area contributed by atoms with Gasteiger partial charge >= 0.3 is 10.1 Å². The number of halogens is 2. The van der Waals surface area contributed by atoms with E-state index in [9.17, 15) is 13.2 Å². The van der Waals surface area contributed by atoms with Crippen LogP contribution in [0.1, 0.15) is 6.92 Å². The van der Waals surface area contributed by atoms with Crippen molar-refractivity contribution in [1.29, 1.82) is 0 Å². The number of hydrogen-bond acceptors (Lipinski definition) is 5. The zero-order valence-electron chi connectivity index (χ0n) is 10.9. The molecule has 0 aromatic heterocycles. The molecule has 0 heterocycles. The molecule has 0 bridgehead atoms. The van der Waals surface area contributed by atoms with Crippen LogP contribution in [0.25, 0.3) is 0 Å². The van der Waals surface area contributed by atoms with Gasteiger partial charge in [0.15, 0.2) is 5.78 Å². The molecule has 2 unspecified atom stereocenters. The van der Waals surface area contributed by atoms with Gasteiger partial charge in [0, 0.05) is 0 Å². The standard InChI is InChI=1S/C13H11Br2NO4S/c1-8-7-10(17)11(14)12(15)13(8)16-20-21(18,19)9-5-3-2-4-6-9/h2-7,11-12H,1H3/b16-13-. The number of carbonyl (C=O) groups excluding carboxylic acids is 1. The van der Waals surface area contributed by atoms with Crippen LogP contribution in [0.3, 0.4) is 0 Å². The summed E-state index contributed by atoms with van der Waals surface area (Å²) in [5.74, 6) is -0.112. The zero-order chi connectivity index (χ0) is 15.6. The van der Waals surface area contributed by atoms with Gasteiger partial charge in [-0.2, -0.15) is 8.42 Å². The minimum absolute atomic E-state index is 0.0179. The van der Waals surface area contributed by atoms with Gasteiger partial charge in [0.1, 0.15) is 4.90 Å². The third-order valence-electron chi connectivity index (χ3n) is 2.82. The molecule has 1 aromatic rings. The maximum atomic E-state index is 12.0. The summed E-state index contributed by atoms with van der Waals surface area (Å²) < 4.78 is 28.7. The number of ketones is 1. The van der Waals surface area contributed by atoms with Gasteiger partial charge in [-0.3, -0.25) is 9.08 Å². The quantitative estimate of drug-likeness (QED) is 0.539. The summed E-state index contributed by atoms with van der Waals surface area (Å²) in [5, 5.41) is 3.71. The van der Waals surface area contributed by atoms with Crippen molar-refractivity contribution in [2.45, 2.75) is 21.5 Å². The third-order valence-corrected chi connectivity index (χ3v) is 6.59. The molecule has 5 nitrogen and oxygen atoms in total. The van der Waals surface area contributed by atoms with Crippen molar-refractivity contribution in [3.05, 3.63) is 42.0 Å². The molecule has 0 saturated carbocycles. The summed E-state index contributed by atoms with van der Waals surface area (Å²) in [6.45, 7) is 1.67. The smallest absolute Gasteiger partial charge is 0.294 e. The average molecular weight is 437 g/mol. The van der Waals surface area contributed by atoms with Gasteiger partial charge in [-0.1, -0.05) is 55.2 Å². The number of oxime groups is 1. The number of hydrogen-bond donors (Lipinski definition) is 0. The SMILES string of the molecule is CC1=CC(=O)C(Br)C(Br)/C1=N\OS(=O)(=O)c1ccccc1. The van der Waals surface area contributed by atoms with Crippen LogP contribution in [-0.4, -0.2) is 29.6 Å². The normalized spacial score (nSPS) is 24.8. The molecule has 112 valence electrons. The number of allylic oxidation sites excluding steroid dienone is 2. The lowest BCUT2D eigenvalue weighted by atomic mass is 9.97. The van der Waals surface area contributed by atoms with E-state index in [1.807, 2.05) is 0 Å². The number of carbonyl (C=O) groups is 1. The second-order valence-corrected chi connectivity index (χ2v) is 7.85. The molecular formula is C13H11Br2NO4S. The first kappa shape index (κ1) is 16.4. The minimum Gasteiger partial charge on any atom is -0.294 e. The predicted octanol–water partition coefficient (Wildman–Crippen LogP) is 2.80. The van der Waals surface area contributed by atoms with Gasteiger partial charge in [-0.15, -0.1) is 0 Å². The van der Waals surface area contributed by atoms with Crippen molar-refractivity contribution in [1.82, 2.24) is 0 Å². The highest BCUT2D eigenvalue weighted by Gasteiger charge is 2.33. The summed E-state index contributed by atoms with van der Waals surface area (Å²) in [7, 11) is -3.97. The van der Waals surface area contributed by atoms with Crippen LogP contribution in [0.4, 0.5) is 0 Å². The van der Waals surface area contributed by atoms with Crippen molar-refractivity contribution in [3.63, 3.8) is 0 Å². The summed E-state index contributed by atoms with van der Waals surface area (Å²) in [6, 6.07) is 7.72. The molecule has 0 N–H and O–H groups in total. The zero-order valence-corrected chi connectivity index (χ0v) is 14.9. The Hall–Kier alpha value is -0.990. The third kappa shape index (κ3) is 3.61. The Labute approximate surface area is 139 Å². The van der Waals surface area contributed by atoms with E-state index in [1.54, 1.807) is 25.1 Å². The van der Waals surface area contributed by atoms with E-state index in [1.165, 1.54) is 18.2 Å². The molecule has 1 aliphatic carbocycles. The van der Waals surface area contributed by atoms with E-state index in [0.717, 1.165) is 0 Å². The first-order valence-corrected chi connectivity index (χ1v) is 9.14. The van der Waals surface area contributed by atoms with Crippen LogP contribution in [0, 0.1) is 0 Å². The monoisotopic (exact) mass is 435 g/mol. The summed E-state index contributed by atoms with van der Waals surface area (Å²) >= 11 is 6.54. The molecule has 1 aliphatic rings. The Bertz CT molecular complexity index is 713. The lowest BCUT2D eigenvalue weighted by molar-refractivity contribution is -0.113. The molecule has 0 spiro atoms. The van der Waals surface area contributed by atoms with E-state index in [4.69, 9.17) is 4.28 Å². The van der Waals surface area contributed by atoms with Gasteiger partial charge in [-0.05, 0) is 30.7 Å². The Morgan fingerprint density at radius 3 is 2.38 bits per heavy atom. The van der Waals surface area contributed by atoms with E-state index in [2.05, 4.69) is 37.0 Å². The number of rotatable bonds is 3. The van der Waals surface area contributed by atoms with E-state index in [0.29, 0.717) is 11.3 Å². The van der Waals surface area contributed by atoms with Gasteiger partial charge in [0.2, 0.25) is 0 Å². The van der Waals surface area contributed by atoms with E-state index in [-0.39, 0.29) is 10.7 Å². The Morgan fingerprint density at radius 2 is 1.76 bits per heavy atom. The highest BCUT2D eigenvalue weighted by molar-refractivity contribution is 9.12. The van der Waals surface area contributed by atoms with E-state index >= 15 is 0 Å². The molecule has 2 rings (SSSR count). The van der Waals surface area contributed by atoms with E-state index < -0.39 is 19.8 Å². The number of benzene rings is 1. The molecule has 8 heteroatoms. The van der Waals surface area contributed by atoms with Gasteiger partial charge < -0.3 is 0 Å². The van der Waals surface area contributed by atoms with Crippen molar-refractivity contribution in [2.24, 2.45) is 5.16 Å². The minimum atomic E-state index is -3.97. The Kier molecular flexibility index (Phi) is 5.00. The fraction of sp³-hybridized carbons (Fsp3) is 0.231. The highest BCUT2D eigenvalue weighted by atomic mass is 79.9. The van der Waals surface area contributed by atoms with Crippen molar-refractivity contribution < 1.29 is 17.5 Å². The lowest BCUT2D eigenvalue weighted by Gasteiger charge is -2.21. The molecular weight excluding hydrogens is 426 g/mol. The first-order valence-electron chi connectivity index (χ1n) is 5.90. The number of nitrogens with zero attached hydrogens (tertiary/aromatic N) is 1. The summed E-state index contributed by atoms with van der Waals surface area (Å²) in [6.07, 6.45) is 1.40. The van der Waals surface area contributed by atoms with Crippen molar-refractivity contribution >= 4 is 53.5 Å². The second-order valence-electron chi connectivity index (χ2n) is 4.35. The van der Waals surface area contributed by atoms with Crippen LogP contribution >= 0.6 is 31.9 Å². The van der Waals surface area contributed by atoms with Crippen molar-refractivity contribution in [3.8, 4) is 0 Å². The maximum absolute atomic E-state index is 12.0. The van der Waals surface area contributed by atoms with Gasteiger partial charge in [-0.25, -0.2) is 0 Å². The molecule has 0 saturated heterocycles. The van der Waals surface area contributed by atoms with Gasteiger partial charge in [0.05, 0.1) is 15.4 Å². The van der Waals surface area contributed by atoms with Crippen LogP contribution in [-0.2, 0) is 19.2 Å². The molecule has 2 atom stereocenters. The van der Waals surface area contributed by atoms with Gasteiger partial charge in [0.25, 0.3) is 0 Å². The Morgan fingerprint density at radius 1 is 1.14 bits per heavy atom. The average Bonchev–Trinajstić information content (AvgIpc) is 2.45. The topological polar surface area (TPSA) is 72.8 Å². The van der Waals surface area contributed by atoms with Crippen LogP contribution < -0.4 is 0 Å². The molecule has 0 aliphatic heterocycles. The molecule has 0 radical (unpaired) electrons. The van der Waals surface area contributed by atoms with Crippen LogP contribution in [0.2, 0.25) is 0 Å². The van der Waals surface area contributed by atoms with Crippen LogP contribution in [0.15, 0.2) is 52.0 Å². The predicted molar refractivity (Wildman–Crippen MR) is 86.3 cm³/mol. The second kappa shape index (κ2) is 6.41. The highest BCUT2D eigenvalue weighted by Crippen LogP contribution is 2.26. The maximum Gasteiger partial charge on any atom is 0.358 e. The first-order chi connectivity index (χ1) is 9.83. The summed E-state index contributed by atoms with van der Waals surface area (Å²) in [4.78, 5) is 10.7.